The molecule has 0 bridgehead atoms. The molecule has 0 aromatic heterocycles. The van der Waals surface area contributed by atoms with Gasteiger partial charge in [0.05, 0.1) is 0 Å². The minimum absolute atomic E-state index is 0.0469. The summed E-state index contributed by atoms with van der Waals surface area (Å²) in [4.78, 5) is 0. The molecule has 1 rings (SSSR count). The molecule has 8 heavy (non-hydrogen) atoms. The summed E-state index contributed by atoms with van der Waals surface area (Å²) in [5.74, 6) is -2.39. The van der Waals surface area contributed by atoms with Gasteiger partial charge >= 0.3 is 0 Å². The minimum atomic E-state index is -2.39. The number of hydrogen-bond acceptors (Lipinski definition) is 0. The molecule has 0 spiro atoms. The van der Waals surface area contributed by atoms with Crippen molar-refractivity contribution in [2.24, 2.45) is 5.41 Å². The van der Waals surface area contributed by atoms with E-state index in [0.717, 1.165) is 0 Å². The van der Waals surface area contributed by atoms with Gasteiger partial charge in [-0.3, -0.25) is 0 Å². The maximum Gasteiger partial charge on any atom is 0.255 e. The summed E-state index contributed by atoms with van der Waals surface area (Å²) in [6.07, 6.45) is 0.0469. The van der Waals surface area contributed by atoms with Gasteiger partial charge in [-0.2, -0.15) is 0 Å². The van der Waals surface area contributed by atoms with Crippen LogP contribution < -0.4 is 0 Å². The molecule has 48 valence electrons. The van der Waals surface area contributed by atoms with Gasteiger partial charge in [0.25, 0.3) is 5.92 Å². The molecule has 0 unspecified atom stereocenters. The summed E-state index contributed by atoms with van der Waals surface area (Å²) in [6, 6.07) is 0. The van der Waals surface area contributed by atoms with Crippen LogP contribution in [-0.2, 0) is 0 Å². The lowest BCUT2D eigenvalue weighted by atomic mass is 10.2. The monoisotopic (exact) mass is 184 g/mol. The summed E-state index contributed by atoms with van der Waals surface area (Å²) in [5, 5.41) is 0.410. The molecule has 0 amide bonds. The van der Waals surface area contributed by atoms with Gasteiger partial charge in [0.2, 0.25) is 0 Å². The van der Waals surface area contributed by atoms with Crippen molar-refractivity contribution in [1.29, 1.82) is 0 Å². The van der Waals surface area contributed by atoms with Gasteiger partial charge in [-0.15, -0.1) is 0 Å². The number of alkyl halides is 3. The van der Waals surface area contributed by atoms with E-state index in [1.54, 1.807) is 6.92 Å². The summed E-state index contributed by atoms with van der Waals surface area (Å²) < 4.78 is 24.3. The van der Waals surface area contributed by atoms with Crippen LogP contribution >= 0.6 is 15.9 Å². The van der Waals surface area contributed by atoms with Crippen molar-refractivity contribution < 1.29 is 8.78 Å². The number of halogens is 3. The second-order valence-corrected chi connectivity index (χ2v) is 3.14. The van der Waals surface area contributed by atoms with Crippen molar-refractivity contribution >= 4 is 15.9 Å². The molecule has 0 aromatic carbocycles. The van der Waals surface area contributed by atoms with Crippen molar-refractivity contribution in [2.75, 3.05) is 5.33 Å². The van der Waals surface area contributed by atoms with Crippen molar-refractivity contribution in [2.45, 2.75) is 19.3 Å². The molecule has 0 heterocycles. The lowest BCUT2D eigenvalue weighted by molar-refractivity contribution is 0.0779. The van der Waals surface area contributed by atoms with Crippen LogP contribution in [0, 0.1) is 5.41 Å². The van der Waals surface area contributed by atoms with E-state index in [9.17, 15) is 8.78 Å². The van der Waals surface area contributed by atoms with E-state index >= 15 is 0 Å². The first-order chi connectivity index (χ1) is 3.52. The average molecular weight is 185 g/mol. The molecule has 0 radical (unpaired) electrons. The van der Waals surface area contributed by atoms with Gasteiger partial charge in [-0.1, -0.05) is 22.9 Å². The molecule has 0 nitrogen and oxygen atoms in total. The Kier molecular flexibility index (Phi) is 1.16. The zero-order valence-electron chi connectivity index (χ0n) is 4.55. The van der Waals surface area contributed by atoms with Gasteiger partial charge in [0, 0.05) is 17.2 Å². The smallest absolute Gasteiger partial charge is 0.206 e. The molecule has 3 heteroatoms. The van der Waals surface area contributed by atoms with Gasteiger partial charge in [0.1, 0.15) is 0 Å². The van der Waals surface area contributed by atoms with Crippen LogP contribution in [0.1, 0.15) is 13.3 Å². The summed E-state index contributed by atoms with van der Waals surface area (Å²) in [7, 11) is 0. The van der Waals surface area contributed by atoms with Crippen molar-refractivity contribution in [1.82, 2.24) is 0 Å². The lowest BCUT2D eigenvalue weighted by Crippen LogP contribution is -2.06. The second-order valence-electron chi connectivity index (χ2n) is 2.58. The second kappa shape index (κ2) is 1.43. The fourth-order valence-electron chi connectivity index (χ4n) is 0.591. The third-order valence-electron chi connectivity index (χ3n) is 1.67. The van der Waals surface area contributed by atoms with Gasteiger partial charge in [-0.05, 0) is 0 Å². The Bertz CT molecular complexity index is 113. The standard InChI is InChI=1S/C5H7BrF2/c1-4(3-6)2-5(4,7)8/h2-3H2,1H3/t4-/m1/s1. The Morgan fingerprint density at radius 2 is 2.00 bits per heavy atom. The molecule has 0 aromatic rings. The average Bonchev–Trinajstić information content (AvgIpc) is 2.10. The molecule has 1 aliphatic carbocycles. The van der Waals surface area contributed by atoms with Gasteiger partial charge < -0.3 is 0 Å². The van der Waals surface area contributed by atoms with E-state index in [1.807, 2.05) is 0 Å². The maximum absolute atomic E-state index is 12.2. The highest BCUT2D eigenvalue weighted by molar-refractivity contribution is 9.09. The SMILES string of the molecule is C[C@]1(CBr)CC1(F)F. The van der Waals surface area contributed by atoms with Crippen LogP contribution in [0.3, 0.4) is 0 Å². The zero-order chi connectivity index (χ0) is 6.41. The molecule has 1 fully saturated rings. The molecule has 0 aliphatic heterocycles. The summed E-state index contributed by atoms with van der Waals surface area (Å²) in [6.45, 7) is 1.59. The topological polar surface area (TPSA) is 0 Å². The van der Waals surface area contributed by atoms with Crippen LogP contribution in [-0.4, -0.2) is 11.3 Å². The molecule has 1 aliphatic rings. The first-order valence-electron chi connectivity index (χ1n) is 2.46. The van der Waals surface area contributed by atoms with E-state index in [0.29, 0.717) is 5.33 Å². The highest BCUT2D eigenvalue weighted by Gasteiger charge is 2.66. The molecular formula is C5H7BrF2. The first-order valence-corrected chi connectivity index (χ1v) is 3.58. The highest BCUT2D eigenvalue weighted by atomic mass is 79.9. The summed E-state index contributed by atoms with van der Waals surface area (Å²) in [5.41, 5.74) is -0.729. The Labute approximate surface area is 55.4 Å². The largest absolute Gasteiger partial charge is 0.255 e. The minimum Gasteiger partial charge on any atom is -0.206 e. The zero-order valence-corrected chi connectivity index (χ0v) is 6.13. The predicted molar refractivity (Wildman–Crippen MR) is 31.5 cm³/mol. The molecule has 1 saturated carbocycles. The highest BCUT2D eigenvalue weighted by Crippen LogP contribution is 2.60. The Morgan fingerprint density at radius 3 is 2.00 bits per heavy atom. The molecular weight excluding hydrogens is 178 g/mol. The van der Waals surface area contributed by atoms with E-state index in [1.165, 1.54) is 0 Å². The van der Waals surface area contributed by atoms with Crippen LogP contribution in [0.4, 0.5) is 8.78 Å². The molecule has 0 N–H and O–H groups in total. The summed E-state index contributed by atoms with van der Waals surface area (Å²) >= 11 is 3.03. The van der Waals surface area contributed by atoms with Crippen molar-refractivity contribution in [3.8, 4) is 0 Å². The van der Waals surface area contributed by atoms with Crippen LogP contribution in [0.2, 0.25) is 0 Å². The van der Waals surface area contributed by atoms with E-state index < -0.39 is 11.3 Å². The van der Waals surface area contributed by atoms with E-state index in [2.05, 4.69) is 15.9 Å². The van der Waals surface area contributed by atoms with E-state index in [4.69, 9.17) is 0 Å². The third kappa shape index (κ3) is 0.677. The van der Waals surface area contributed by atoms with Crippen LogP contribution in [0.5, 0.6) is 0 Å². The lowest BCUT2D eigenvalue weighted by Gasteiger charge is -2.01. The Hall–Kier alpha value is 0.340. The number of hydrogen-bond donors (Lipinski definition) is 0. The van der Waals surface area contributed by atoms with Crippen LogP contribution in [0.25, 0.3) is 0 Å². The predicted octanol–water partition coefficient (Wildman–Crippen LogP) is 2.43. The van der Waals surface area contributed by atoms with Crippen LogP contribution in [0.15, 0.2) is 0 Å². The molecule has 0 saturated heterocycles. The van der Waals surface area contributed by atoms with Crippen molar-refractivity contribution in [3.63, 3.8) is 0 Å². The van der Waals surface area contributed by atoms with E-state index in [-0.39, 0.29) is 6.42 Å². The number of rotatable bonds is 1. The maximum atomic E-state index is 12.2. The Morgan fingerprint density at radius 1 is 1.62 bits per heavy atom. The van der Waals surface area contributed by atoms with Gasteiger partial charge in [0.15, 0.2) is 0 Å². The Balaban J connectivity index is 2.55. The fraction of sp³-hybridized carbons (Fsp3) is 1.00. The molecule has 1 atom stereocenters. The quantitative estimate of drug-likeness (QED) is 0.550. The first kappa shape index (κ1) is 6.46. The third-order valence-corrected chi connectivity index (χ3v) is 2.90. The normalized spacial score (nSPS) is 42.0. The fourth-order valence-corrected chi connectivity index (χ4v) is 1.20. The van der Waals surface area contributed by atoms with Gasteiger partial charge in [-0.25, -0.2) is 8.78 Å². The van der Waals surface area contributed by atoms with Crippen molar-refractivity contribution in [3.05, 3.63) is 0 Å².